The summed E-state index contributed by atoms with van der Waals surface area (Å²) in [5.41, 5.74) is 5.85. The first kappa shape index (κ1) is 22.5. The Morgan fingerprint density at radius 1 is 1.20 bits per heavy atom. The standard InChI is InChI=1S/C27H34N6O2/c1-18-14-31(24-12-26(34)30(2)27-23(24)5-4-8-29-27)16-25-22-7-6-20(11-19(22)15-33(18)25)32-10-9-28-13-21(32)17-35-3/h4-8,11-12,18,21,25,28H,9-10,13-17H2,1-3H3/t18?,21-,25?/m0/s1. The Balaban J connectivity index is 1.32. The summed E-state index contributed by atoms with van der Waals surface area (Å²) in [5.74, 6) is 0. The number of fused-ring (bicyclic) bond motifs is 4. The average Bonchev–Trinajstić information content (AvgIpc) is 3.25. The van der Waals surface area contributed by atoms with Gasteiger partial charge in [0.05, 0.1) is 24.4 Å². The maximum Gasteiger partial charge on any atom is 0.253 e. The second-order valence-electron chi connectivity index (χ2n) is 10.1. The van der Waals surface area contributed by atoms with Gasteiger partial charge in [-0.3, -0.25) is 14.3 Å². The van der Waals surface area contributed by atoms with E-state index in [2.05, 4.69) is 56.2 Å². The van der Waals surface area contributed by atoms with Crippen LogP contribution in [0.1, 0.15) is 24.1 Å². The summed E-state index contributed by atoms with van der Waals surface area (Å²) in [6.07, 6.45) is 1.76. The lowest BCUT2D eigenvalue weighted by Crippen LogP contribution is -2.53. The summed E-state index contributed by atoms with van der Waals surface area (Å²) in [7, 11) is 3.57. The smallest absolute Gasteiger partial charge is 0.253 e. The zero-order chi connectivity index (χ0) is 24.1. The minimum Gasteiger partial charge on any atom is -0.383 e. The molecule has 3 atom stereocenters. The summed E-state index contributed by atoms with van der Waals surface area (Å²) in [6, 6.07) is 13.9. The van der Waals surface area contributed by atoms with E-state index >= 15 is 0 Å². The molecular weight excluding hydrogens is 440 g/mol. The molecule has 1 N–H and O–H groups in total. The van der Waals surface area contributed by atoms with Gasteiger partial charge in [-0.05, 0) is 42.3 Å². The average molecular weight is 475 g/mol. The zero-order valence-corrected chi connectivity index (χ0v) is 20.8. The van der Waals surface area contributed by atoms with Crippen LogP contribution in [0.3, 0.4) is 0 Å². The van der Waals surface area contributed by atoms with Gasteiger partial charge in [0.1, 0.15) is 5.65 Å². The molecule has 5 heterocycles. The van der Waals surface area contributed by atoms with Crippen LogP contribution in [0.15, 0.2) is 47.4 Å². The molecule has 8 nitrogen and oxygen atoms in total. The quantitative estimate of drug-likeness (QED) is 0.621. The number of nitrogens with one attached hydrogen (secondary N) is 1. The number of piperazine rings is 2. The summed E-state index contributed by atoms with van der Waals surface area (Å²) < 4.78 is 7.13. The van der Waals surface area contributed by atoms with Gasteiger partial charge in [-0.2, -0.15) is 0 Å². The third-order valence-electron chi connectivity index (χ3n) is 8.04. The van der Waals surface area contributed by atoms with E-state index in [1.807, 2.05) is 6.07 Å². The highest BCUT2D eigenvalue weighted by Crippen LogP contribution is 2.42. The highest BCUT2D eigenvalue weighted by molar-refractivity contribution is 5.89. The number of benzene rings is 1. The molecular formula is C27H34N6O2. The monoisotopic (exact) mass is 474 g/mol. The lowest BCUT2D eigenvalue weighted by Gasteiger charge is -2.43. The van der Waals surface area contributed by atoms with Crippen molar-refractivity contribution < 1.29 is 4.74 Å². The molecule has 6 rings (SSSR count). The normalized spacial score (nSPS) is 24.6. The highest BCUT2D eigenvalue weighted by Gasteiger charge is 2.39. The fourth-order valence-electron chi connectivity index (χ4n) is 6.25. The summed E-state index contributed by atoms with van der Waals surface area (Å²) in [4.78, 5) is 24.7. The molecule has 0 radical (unpaired) electrons. The number of ether oxygens (including phenoxy) is 1. The van der Waals surface area contributed by atoms with Crippen LogP contribution in [0.5, 0.6) is 0 Å². The molecule has 3 aromatic rings. The van der Waals surface area contributed by atoms with Gasteiger partial charge in [0.2, 0.25) is 0 Å². The van der Waals surface area contributed by atoms with E-state index in [1.165, 1.54) is 16.8 Å². The Labute approximate surface area is 206 Å². The molecule has 2 aromatic heterocycles. The first-order valence-corrected chi connectivity index (χ1v) is 12.6. The summed E-state index contributed by atoms with van der Waals surface area (Å²) in [5, 5.41) is 4.53. The predicted octanol–water partition coefficient (Wildman–Crippen LogP) is 2.12. The molecule has 3 aliphatic heterocycles. The van der Waals surface area contributed by atoms with Gasteiger partial charge in [-0.15, -0.1) is 0 Å². The van der Waals surface area contributed by atoms with Crippen LogP contribution in [0, 0.1) is 0 Å². The molecule has 1 aromatic carbocycles. The number of hydrogen-bond acceptors (Lipinski definition) is 7. The summed E-state index contributed by atoms with van der Waals surface area (Å²) >= 11 is 0. The molecule has 0 bridgehead atoms. The van der Waals surface area contributed by atoms with E-state index in [4.69, 9.17) is 4.74 Å². The summed E-state index contributed by atoms with van der Waals surface area (Å²) in [6.45, 7) is 8.71. The molecule has 2 unspecified atom stereocenters. The zero-order valence-electron chi connectivity index (χ0n) is 20.8. The molecule has 184 valence electrons. The topological polar surface area (TPSA) is 65.9 Å². The Morgan fingerprint density at radius 2 is 2.09 bits per heavy atom. The molecule has 35 heavy (non-hydrogen) atoms. The van der Waals surface area contributed by atoms with Crippen molar-refractivity contribution >= 4 is 22.4 Å². The van der Waals surface area contributed by atoms with Crippen LogP contribution < -0.4 is 20.7 Å². The second-order valence-corrected chi connectivity index (χ2v) is 10.1. The number of anilines is 2. The van der Waals surface area contributed by atoms with Crippen LogP contribution in [0.4, 0.5) is 11.4 Å². The molecule has 3 aliphatic rings. The largest absolute Gasteiger partial charge is 0.383 e. The van der Waals surface area contributed by atoms with Crippen molar-refractivity contribution in [3.8, 4) is 0 Å². The van der Waals surface area contributed by atoms with Crippen molar-refractivity contribution in [1.82, 2.24) is 19.8 Å². The van der Waals surface area contributed by atoms with Crippen LogP contribution >= 0.6 is 0 Å². The first-order valence-electron chi connectivity index (χ1n) is 12.6. The number of pyridine rings is 2. The van der Waals surface area contributed by atoms with Crippen molar-refractivity contribution in [2.75, 3.05) is 56.2 Å². The molecule has 8 heteroatoms. The number of hydrogen-bond donors (Lipinski definition) is 1. The lowest BCUT2D eigenvalue weighted by molar-refractivity contribution is 0.134. The van der Waals surface area contributed by atoms with E-state index in [-0.39, 0.29) is 5.56 Å². The number of methoxy groups -OCH3 is 1. The Kier molecular flexibility index (Phi) is 5.75. The Bertz CT molecular complexity index is 1300. The van der Waals surface area contributed by atoms with E-state index in [0.717, 1.165) is 62.6 Å². The lowest BCUT2D eigenvalue weighted by atomic mass is 10.00. The number of aromatic nitrogens is 2. The van der Waals surface area contributed by atoms with Crippen molar-refractivity contribution in [1.29, 1.82) is 0 Å². The van der Waals surface area contributed by atoms with Crippen LogP contribution in [-0.4, -0.2) is 73.0 Å². The highest BCUT2D eigenvalue weighted by atomic mass is 16.5. The minimum absolute atomic E-state index is 0.0145. The van der Waals surface area contributed by atoms with Gasteiger partial charge in [0.25, 0.3) is 5.56 Å². The van der Waals surface area contributed by atoms with E-state index in [0.29, 0.717) is 18.1 Å². The van der Waals surface area contributed by atoms with Crippen LogP contribution in [0.2, 0.25) is 0 Å². The van der Waals surface area contributed by atoms with Gasteiger partial charge in [-0.1, -0.05) is 6.07 Å². The van der Waals surface area contributed by atoms with Crippen LogP contribution in [-0.2, 0) is 18.3 Å². The molecule has 0 saturated carbocycles. The first-order chi connectivity index (χ1) is 17.0. The van der Waals surface area contributed by atoms with Gasteiger partial charge in [0.15, 0.2) is 0 Å². The van der Waals surface area contributed by atoms with E-state index in [1.54, 1.807) is 31.0 Å². The van der Waals surface area contributed by atoms with E-state index in [9.17, 15) is 4.79 Å². The van der Waals surface area contributed by atoms with Crippen molar-refractivity contribution in [3.63, 3.8) is 0 Å². The predicted molar refractivity (Wildman–Crippen MR) is 139 cm³/mol. The Hall–Kier alpha value is -2.94. The van der Waals surface area contributed by atoms with Gasteiger partial charge in [0, 0.05) is 82.8 Å². The molecule has 0 spiro atoms. The SMILES string of the molecule is COC[C@@H]1CNCCN1c1ccc2c(c1)CN1C(C)CN(c3cc(=O)n(C)c4ncccc34)CC21. The third-order valence-corrected chi connectivity index (χ3v) is 8.04. The molecule has 2 fully saturated rings. The van der Waals surface area contributed by atoms with E-state index < -0.39 is 0 Å². The second kappa shape index (κ2) is 8.93. The fourth-order valence-corrected chi connectivity index (χ4v) is 6.25. The Morgan fingerprint density at radius 3 is 2.94 bits per heavy atom. The van der Waals surface area contributed by atoms with Crippen molar-refractivity contribution in [2.24, 2.45) is 7.05 Å². The number of nitrogens with zero attached hydrogens (tertiary/aromatic N) is 5. The minimum atomic E-state index is -0.0145. The maximum absolute atomic E-state index is 12.7. The maximum atomic E-state index is 12.7. The van der Waals surface area contributed by atoms with Gasteiger partial charge in [-0.25, -0.2) is 4.98 Å². The molecule has 0 aliphatic carbocycles. The fraction of sp³-hybridized carbons (Fsp3) is 0.481. The van der Waals surface area contributed by atoms with Crippen LogP contribution in [0.25, 0.3) is 11.0 Å². The molecule has 2 saturated heterocycles. The third kappa shape index (κ3) is 3.80. The van der Waals surface area contributed by atoms with Crippen molar-refractivity contribution in [3.05, 3.63) is 64.1 Å². The van der Waals surface area contributed by atoms with Crippen molar-refractivity contribution in [2.45, 2.75) is 31.6 Å². The van der Waals surface area contributed by atoms with Gasteiger partial charge < -0.3 is 19.9 Å². The molecule has 0 amide bonds. The number of aryl methyl sites for hydroxylation is 1. The number of rotatable bonds is 4. The van der Waals surface area contributed by atoms with Gasteiger partial charge >= 0.3 is 0 Å².